The number of hydrogen-bond acceptors (Lipinski definition) is 4. The zero-order chi connectivity index (χ0) is 16.7. The van der Waals surface area contributed by atoms with Crippen molar-refractivity contribution in [2.24, 2.45) is 10.8 Å². The second-order valence-corrected chi connectivity index (χ2v) is 7.53. The quantitative estimate of drug-likeness (QED) is 0.604. The molecule has 0 spiro atoms. The summed E-state index contributed by atoms with van der Waals surface area (Å²) in [7, 11) is 0. The van der Waals surface area contributed by atoms with E-state index in [4.69, 9.17) is 9.47 Å². The lowest BCUT2D eigenvalue weighted by molar-refractivity contribution is -0.148. The Hall–Kier alpha value is -1.52. The molecule has 0 aliphatic rings. The lowest BCUT2D eigenvalue weighted by atomic mass is 9.98. The van der Waals surface area contributed by atoms with Crippen molar-refractivity contribution < 1.29 is 19.1 Å². The molecule has 5 nitrogen and oxygen atoms in total. The molecule has 0 fully saturated rings. The Balaban J connectivity index is 4.44. The van der Waals surface area contributed by atoms with Gasteiger partial charge in [-0.2, -0.15) is 0 Å². The van der Waals surface area contributed by atoms with Crippen molar-refractivity contribution in [2.45, 2.75) is 54.0 Å². The number of amides is 1. The molecule has 0 aliphatic carbocycles. The van der Waals surface area contributed by atoms with Crippen LogP contribution in [0.15, 0.2) is 12.7 Å². The standard InChI is InChI=1S/C16H29NO4/c1-8-9-12(13(18)20-10-15(2,3)4)17-14(19)21-11-16(5,6)7/h8,12H,1,9-11H2,2-7H3,(H,17,19). The molecule has 0 bridgehead atoms. The van der Waals surface area contributed by atoms with E-state index < -0.39 is 18.1 Å². The van der Waals surface area contributed by atoms with Crippen molar-refractivity contribution >= 4 is 12.1 Å². The highest BCUT2D eigenvalue weighted by Crippen LogP contribution is 2.14. The number of alkyl carbamates (subject to hydrolysis) is 1. The van der Waals surface area contributed by atoms with Gasteiger partial charge in [0.05, 0.1) is 13.2 Å². The van der Waals surface area contributed by atoms with E-state index in [1.54, 1.807) is 6.08 Å². The Labute approximate surface area is 128 Å². The first-order valence-electron chi connectivity index (χ1n) is 7.15. The third kappa shape index (κ3) is 10.9. The van der Waals surface area contributed by atoms with Crippen molar-refractivity contribution in [3.63, 3.8) is 0 Å². The van der Waals surface area contributed by atoms with Gasteiger partial charge in [-0.15, -0.1) is 6.58 Å². The van der Waals surface area contributed by atoms with Crippen molar-refractivity contribution in [2.75, 3.05) is 13.2 Å². The van der Waals surface area contributed by atoms with Crippen LogP contribution in [-0.2, 0) is 14.3 Å². The molecule has 122 valence electrons. The normalized spacial score (nSPS) is 13.2. The third-order valence-corrected chi connectivity index (χ3v) is 2.26. The van der Waals surface area contributed by atoms with Crippen LogP contribution in [0.1, 0.15) is 48.0 Å². The van der Waals surface area contributed by atoms with E-state index in [0.717, 1.165) is 0 Å². The highest BCUT2D eigenvalue weighted by molar-refractivity contribution is 5.81. The highest BCUT2D eigenvalue weighted by Gasteiger charge is 2.24. The fourth-order valence-corrected chi connectivity index (χ4v) is 1.23. The summed E-state index contributed by atoms with van der Waals surface area (Å²) >= 11 is 0. The van der Waals surface area contributed by atoms with Gasteiger partial charge < -0.3 is 14.8 Å². The Morgan fingerprint density at radius 3 is 1.95 bits per heavy atom. The van der Waals surface area contributed by atoms with Crippen LogP contribution in [0.25, 0.3) is 0 Å². The van der Waals surface area contributed by atoms with Gasteiger partial charge in [-0.3, -0.25) is 0 Å². The molecule has 0 aliphatic heterocycles. The fraction of sp³-hybridized carbons (Fsp3) is 0.750. The van der Waals surface area contributed by atoms with Crippen LogP contribution in [0, 0.1) is 10.8 Å². The zero-order valence-corrected chi connectivity index (χ0v) is 14.1. The molecule has 0 rings (SSSR count). The molecule has 5 heteroatoms. The maximum Gasteiger partial charge on any atom is 0.407 e. The van der Waals surface area contributed by atoms with Crippen LogP contribution in [0.2, 0.25) is 0 Å². The molecule has 1 unspecified atom stereocenters. The van der Waals surface area contributed by atoms with E-state index >= 15 is 0 Å². The van der Waals surface area contributed by atoms with E-state index in [2.05, 4.69) is 11.9 Å². The summed E-state index contributed by atoms with van der Waals surface area (Å²) in [6, 6.07) is -0.766. The van der Waals surface area contributed by atoms with Gasteiger partial charge in [0.1, 0.15) is 6.04 Å². The second kappa shape index (κ2) is 8.05. The second-order valence-electron chi connectivity index (χ2n) is 7.53. The van der Waals surface area contributed by atoms with Gasteiger partial charge in [0.25, 0.3) is 0 Å². The first kappa shape index (κ1) is 19.5. The number of carbonyl (C=O) groups is 2. The minimum Gasteiger partial charge on any atom is -0.464 e. The fourth-order valence-electron chi connectivity index (χ4n) is 1.23. The molecule has 0 aromatic rings. The first-order chi connectivity index (χ1) is 9.44. The number of nitrogens with one attached hydrogen (secondary N) is 1. The molecule has 0 saturated carbocycles. The van der Waals surface area contributed by atoms with Crippen molar-refractivity contribution in [1.82, 2.24) is 5.32 Å². The van der Waals surface area contributed by atoms with Crippen LogP contribution < -0.4 is 5.32 Å². The van der Waals surface area contributed by atoms with Gasteiger partial charge in [0.2, 0.25) is 0 Å². The summed E-state index contributed by atoms with van der Waals surface area (Å²) in [4.78, 5) is 23.7. The van der Waals surface area contributed by atoms with Crippen LogP contribution >= 0.6 is 0 Å². The molecule has 1 atom stereocenters. The largest absolute Gasteiger partial charge is 0.464 e. The summed E-state index contributed by atoms with van der Waals surface area (Å²) in [6.45, 7) is 15.9. The maximum absolute atomic E-state index is 12.0. The average Bonchev–Trinajstić information content (AvgIpc) is 2.31. The zero-order valence-electron chi connectivity index (χ0n) is 14.1. The molecule has 1 N–H and O–H groups in total. The minimum absolute atomic E-state index is 0.124. The molecule has 0 aromatic heterocycles. The van der Waals surface area contributed by atoms with Gasteiger partial charge >= 0.3 is 12.1 Å². The Bertz CT molecular complexity index is 363. The summed E-state index contributed by atoms with van der Waals surface area (Å²) < 4.78 is 10.3. The van der Waals surface area contributed by atoms with E-state index in [0.29, 0.717) is 6.42 Å². The summed E-state index contributed by atoms with van der Waals surface area (Å²) in [6.07, 6.45) is 1.24. The number of carbonyl (C=O) groups excluding carboxylic acids is 2. The number of esters is 1. The van der Waals surface area contributed by atoms with Crippen LogP contribution in [0.5, 0.6) is 0 Å². The first-order valence-corrected chi connectivity index (χ1v) is 7.15. The van der Waals surface area contributed by atoms with Crippen molar-refractivity contribution in [3.05, 3.63) is 12.7 Å². The SMILES string of the molecule is C=CCC(NC(=O)OCC(C)(C)C)C(=O)OCC(C)(C)C. The van der Waals surface area contributed by atoms with Gasteiger partial charge in [-0.05, 0) is 17.3 Å². The van der Waals surface area contributed by atoms with Gasteiger partial charge in [0, 0.05) is 0 Å². The maximum atomic E-state index is 12.0. The van der Waals surface area contributed by atoms with Crippen LogP contribution in [-0.4, -0.2) is 31.3 Å². The molecular formula is C16H29NO4. The van der Waals surface area contributed by atoms with Crippen LogP contribution in [0.3, 0.4) is 0 Å². The van der Waals surface area contributed by atoms with E-state index in [9.17, 15) is 9.59 Å². The smallest absolute Gasteiger partial charge is 0.407 e. The summed E-state index contributed by atoms with van der Waals surface area (Å²) in [5.74, 6) is -0.475. The summed E-state index contributed by atoms with van der Waals surface area (Å²) in [5, 5.41) is 2.52. The third-order valence-electron chi connectivity index (χ3n) is 2.26. The van der Waals surface area contributed by atoms with Crippen LogP contribution in [0.4, 0.5) is 4.79 Å². The lowest BCUT2D eigenvalue weighted by Crippen LogP contribution is -2.43. The monoisotopic (exact) mass is 299 g/mol. The average molecular weight is 299 g/mol. The van der Waals surface area contributed by atoms with E-state index in [1.165, 1.54) is 0 Å². The van der Waals surface area contributed by atoms with Gasteiger partial charge in [0.15, 0.2) is 0 Å². The van der Waals surface area contributed by atoms with E-state index in [1.807, 2.05) is 41.5 Å². The number of rotatable bonds is 6. The molecule has 21 heavy (non-hydrogen) atoms. The topological polar surface area (TPSA) is 64.6 Å². The molecular weight excluding hydrogens is 270 g/mol. The van der Waals surface area contributed by atoms with Crippen molar-refractivity contribution in [1.29, 1.82) is 0 Å². The Morgan fingerprint density at radius 1 is 1.05 bits per heavy atom. The molecule has 1 amide bonds. The molecule has 0 radical (unpaired) electrons. The lowest BCUT2D eigenvalue weighted by Gasteiger charge is -2.22. The Kier molecular flexibility index (Phi) is 7.47. The molecule has 0 heterocycles. The molecule has 0 aromatic carbocycles. The molecule has 0 saturated heterocycles. The number of hydrogen-bond donors (Lipinski definition) is 1. The Morgan fingerprint density at radius 2 is 1.52 bits per heavy atom. The van der Waals surface area contributed by atoms with E-state index in [-0.39, 0.29) is 24.0 Å². The minimum atomic E-state index is -0.766. The van der Waals surface area contributed by atoms with Crippen molar-refractivity contribution in [3.8, 4) is 0 Å². The highest BCUT2D eigenvalue weighted by atomic mass is 16.6. The number of ether oxygens (including phenoxy) is 2. The predicted octanol–water partition coefficient (Wildman–Crippen LogP) is 3.29. The van der Waals surface area contributed by atoms with Gasteiger partial charge in [-0.25, -0.2) is 9.59 Å². The summed E-state index contributed by atoms with van der Waals surface area (Å²) in [5.41, 5.74) is -0.251. The predicted molar refractivity (Wildman–Crippen MR) is 83.0 cm³/mol. The van der Waals surface area contributed by atoms with Gasteiger partial charge in [-0.1, -0.05) is 47.6 Å².